The Morgan fingerprint density at radius 1 is 1.13 bits per heavy atom. The molecule has 1 aliphatic rings. The molecule has 0 saturated carbocycles. The van der Waals surface area contributed by atoms with Gasteiger partial charge in [-0.05, 0) is 36.6 Å². The largest absolute Gasteiger partial charge is 0.369 e. The number of thioether (sulfide) groups is 1. The van der Waals surface area contributed by atoms with E-state index in [9.17, 15) is 4.79 Å². The molecule has 2 aromatic carbocycles. The summed E-state index contributed by atoms with van der Waals surface area (Å²) in [6.07, 6.45) is 1.66. The van der Waals surface area contributed by atoms with Crippen molar-refractivity contribution in [2.75, 3.05) is 0 Å². The van der Waals surface area contributed by atoms with E-state index in [4.69, 9.17) is 9.72 Å². The van der Waals surface area contributed by atoms with Crippen LogP contribution in [0.25, 0.3) is 15.9 Å². The van der Waals surface area contributed by atoms with Gasteiger partial charge in [-0.3, -0.25) is 9.36 Å². The van der Waals surface area contributed by atoms with Crippen molar-refractivity contribution < 1.29 is 4.74 Å². The van der Waals surface area contributed by atoms with Gasteiger partial charge in [0.1, 0.15) is 4.83 Å². The number of thiophene rings is 1. The van der Waals surface area contributed by atoms with E-state index in [1.165, 1.54) is 5.56 Å². The molecule has 3 heterocycles. The van der Waals surface area contributed by atoms with Crippen LogP contribution in [0.15, 0.2) is 70.6 Å². The van der Waals surface area contributed by atoms with E-state index in [0.717, 1.165) is 50.1 Å². The summed E-state index contributed by atoms with van der Waals surface area (Å²) < 4.78 is 7.91. The van der Waals surface area contributed by atoms with Gasteiger partial charge in [-0.2, -0.15) is 0 Å². The lowest BCUT2D eigenvalue weighted by Gasteiger charge is -2.32. The van der Waals surface area contributed by atoms with E-state index < -0.39 is 0 Å². The molecule has 1 aliphatic heterocycles. The first-order valence-electron chi connectivity index (χ1n) is 10.5. The molecule has 0 amide bonds. The molecule has 0 N–H and O–H groups in total. The maximum atomic E-state index is 13.9. The fourth-order valence-electron chi connectivity index (χ4n) is 3.95. The van der Waals surface area contributed by atoms with Crippen LogP contribution in [0.4, 0.5) is 0 Å². The van der Waals surface area contributed by atoms with E-state index in [0.29, 0.717) is 6.61 Å². The molecule has 31 heavy (non-hydrogen) atoms. The third-order valence-corrected chi connectivity index (χ3v) is 8.06. The van der Waals surface area contributed by atoms with Crippen molar-refractivity contribution in [2.45, 2.75) is 49.8 Å². The Balaban J connectivity index is 1.67. The zero-order chi connectivity index (χ0) is 21.4. The van der Waals surface area contributed by atoms with Crippen molar-refractivity contribution in [3.8, 4) is 5.69 Å². The number of benzene rings is 2. The highest BCUT2D eigenvalue weighted by Gasteiger charge is 2.33. The zero-order valence-corrected chi connectivity index (χ0v) is 19.3. The van der Waals surface area contributed by atoms with Crippen molar-refractivity contribution in [1.29, 1.82) is 0 Å². The molecular formula is C25H24N2O2S2. The van der Waals surface area contributed by atoms with E-state index in [1.807, 2.05) is 48.5 Å². The standard InChI is InChI=1S/C25H24N2O2S2/c1-3-25(2)14-19-20(15-29-25)31-22-21(19)23(28)27(18-12-8-5-9-13-18)24(26-22)30-16-17-10-6-4-7-11-17/h4-13H,3,14-16H2,1-2H3/t25-/m1/s1. The normalized spacial score (nSPS) is 18.3. The number of ether oxygens (including phenoxy) is 1. The molecule has 0 saturated heterocycles. The number of fused-ring (bicyclic) bond motifs is 3. The summed E-state index contributed by atoms with van der Waals surface area (Å²) in [6, 6.07) is 20.1. The summed E-state index contributed by atoms with van der Waals surface area (Å²) in [5, 5.41) is 1.49. The molecule has 0 fully saturated rings. The Labute approximate surface area is 189 Å². The molecule has 2 aromatic heterocycles. The predicted molar refractivity (Wildman–Crippen MR) is 128 cm³/mol. The van der Waals surface area contributed by atoms with Crippen molar-refractivity contribution >= 4 is 33.3 Å². The molecule has 158 valence electrons. The van der Waals surface area contributed by atoms with Crippen LogP contribution in [0.5, 0.6) is 0 Å². The second-order valence-corrected chi connectivity index (χ2v) is 10.1. The van der Waals surface area contributed by atoms with Gasteiger partial charge in [-0.25, -0.2) is 4.98 Å². The first kappa shape index (κ1) is 20.5. The molecule has 1 atom stereocenters. The Morgan fingerprint density at radius 3 is 2.55 bits per heavy atom. The first-order chi connectivity index (χ1) is 15.1. The highest BCUT2D eigenvalue weighted by Crippen LogP contribution is 2.39. The zero-order valence-electron chi connectivity index (χ0n) is 17.6. The molecule has 0 radical (unpaired) electrons. The van der Waals surface area contributed by atoms with Crippen LogP contribution in [-0.4, -0.2) is 15.2 Å². The molecule has 4 nitrogen and oxygen atoms in total. The van der Waals surface area contributed by atoms with Gasteiger partial charge in [-0.15, -0.1) is 11.3 Å². The van der Waals surface area contributed by atoms with Gasteiger partial charge in [0.25, 0.3) is 5.56 Å². The van der Waals surface area contributed by atoms with Crippen LogP contribution in [0.2, 0.25) is 0 Å². The molecule has 0 spiro atoms. The maximum absolute atomic E-state index is 13.9. The summed E-state index contributed by atoms with van der Waals surface area (Å²) in [5.41, 5.74) is 2.97. The lowest BCUT2D eigenvalue weighted by Crippen LogP contribution is -2.34. The average molecular weight is 449 g/mol. The second-order valence-electron chi connectivity index (χ2n) is 8.10. The minimum absolute atomic E-state index is 0.0182. The third kappa shape index (κ3) is 3.84. The highest BCUT2D eigenvalue weighted by atomic mass is 32.2. The fourth-order valence-corrected chi connectivity index (χ4v) is 6.06. The Bertz CT molecular complexity index is 1280. The third-order valence-electron chi connectivity index (χ3n) is 5.95. The average Bonchev–Trinajstić information content (AvgIpc) is 3.16. The van der Waals surface area contributed by atoms with E-state index in [1.54, 1.807) is 27.7 Å². The molecule has 4 aromatic rings. The smallest absolute Gasteiger partial charge is 0.267 e. The predicted octanol–water partition coefficient (Wildman–Crippen LogP) is 5.98. The number of para-hydroxylation sites is 1. The minimum Gasteiger partial charge on any atom is -0.369 e. The Hall–Kier alpha value is -2.41. The number of nitrogens with zero attached hydrogens (tertiary/aromatic N) is 2. The first-order valence-corrected chi connectivity index (χ1v) is 12.3. The molecule has 0 unspecified atom stereocenters. The van der Waals surface area contributed by atoms with Crippen LogP contribution in [-0.2, 0) is 23.5 Å². The van der Waals surface area contributed by atoms with Gasteiger partial charge in [0.2, 0.25) is 0 Å². The highest BCUT2D eigenvalue weighted by molar-refractivity contribution is 7.98. The van der Waals surface area contributed by atoms with Crippen molar-refractivity contribution in [3.63, 3.8) is 0 Å². The lowest BCUT2D eigenvalue weighted by atomic mass is 9.90. The molecule has 0 aliphatic carbocycles. The maximum Gasteiger partial charge on any atom is 0.267 e. The molecule has 6 heteroatoms. The number of rotatable bonds is 5. The second kappa shape index (κ2) is 8.26. The Kier molecular flexibility index (Phi) is 5.46. The summed E-state index contributed by atoms with van der Waals surface area (Å²) in [4.78, 5) is 20.8. The van der Waals surface area contributed by atoms with Crippen LogP contribution >= 0.6 is 23.1 Å². The topological polar surface area (TPSA) is 44.1 Å². The molecular weight excluding hydrogens is 424 g/mol. The SMILES string of the molecule is CC[C@]1(C)Cc2c(sc3nc(SCc4ccccc4)n(-c4ccccc4)c(=O)c23)CO1. The summed E-state index contributed by atoms with van der Waals surface area (Å²) in [7, 11) is 0. The number of aromatic nitrogens is 2. The quantitative estimate of drug-likeness (QED) is 0.278. The van der Waals surface area contributed by atoms with Gasteiger partial charge in [0, 0.05) is 17.1 Å². The van der Waals surface area contributed by atoms with E-state index >= 15 is 0 Å². The monoisotopic (exact) mass is 448 g/mol. The van der Waals surface area contributed by atoms with Crippen molar-refractivity contribution in [1.82, 2.24) is 9.55 Å². The summed E-state index contributed by atoms with van der Waals surface area (Å²) >= 11 is 3.20. The van der Waals surface area contributed by atoms with Crippen LogP contribution in [0, 0.1) is 0 Å². The fraction of sp³-hybridized carbons (Fsp3) is 0.280. The van der Waals surface area contributed by atoms with Gasteiger partial charge in [0.05, 0.1) is 23.3 Å². The molecule has 0 bridgehead atoms. The summed E-state index contributed by atoms with van der Waals surface area (Å²) in [5.74, 6) is 0.758. The van der Waals surface area contributed by atoms with Gasteiger partial charge in [0.15, 0.2) is 5.16 Å². The van der Waals surface area contributed by atoms with Gasteiger partial charge in [-0.1, -0.05) is 67.2 Å². The van der Waals surface area contributed by atoms with E-state index in [2.05, 4.69) is 26.0 Å². The molecule has 5 rings (SSSR count). The number of hydrogen-bond donors (Lipinski definition) is 0. The van der Waals surface area contributed by atoms with Crippen LogP contribution in [0.3, 0.4) is 0 Å². The van der Waals surface area contributed by atoms with Crippen molar-refractivity contribution in [3.05, 3.63) is 87.0 Å². The van der Waals surface area contributed by atoms with Crippen molar-refractivity contribution in [2.24, 2.45) is 0 Å². The van der Waals surface area contributed by atoms with Gasteiger partial charge >= 0.3 is 0 Å². The van der Waals surface area contributed by atoms with Gasteiger partial charge < -0.3 is 4.74 Å². The van der Waals surface area contributed by atoms with Crippen LogP contribution in [0.1, 0.15) is 36.3 Å². The summed E-state index contributed by atoms with van der Waals surface area (Å²) in [6.45, 7) is 4.82. The van der Waals surface area contributed by atoms with E-state index in [-0.39, 0.29) is 11.2 Å². The Morgan fingerprint density at radius 2 is 1.84 bits per heavy atom. The van der Waals surface area contributed by atoms with Crippen LogP contribution < -0.4 is 5.56 Å². The number of hydrogen-bond acceptors (Lipinski definition) is 5. The lowest BCUT2D eigenvalue weighted by molar-refractivity contribution is -0.0543. The minimum atomic E-state index is -0.230.